The minimum absolute atomic E-state index is 0.0829. The van der Waals surface area contributed by atoms with Crippen LogP contribution in [-0.4, -0.2) is 54.3 Å². The first-order valence-corrected chi connectivity index (χ1v) is 12.7. The summed E-state index contributed by atoms with van der Waals surface area (Å²) in [6.07, 6.45) is 5.75. The van der Waals surface area contributed by atoms with Gasteiger partial charge in [-0.3, -0.25) is 4.79 Å². The number of rotatable bonds is 8. The van der Waals surface area contributed by atoms with Crippen LogP contribution >= 0.6 is 0 Å². The zero-order valence-electron chi connectivity index (χ0n) is 19.2. The third-order valence-corrected chi connectivity index (χ3v) is 8.42. The van der Waals surface area contributed by atoms with Crippen LogP contribution in [-0.2, 0) is 23.5 Å². The molecule has 1 aliphatic heterocycles. The predicted molar refractivity (Wildman–Crippen MR) is 124 cm³/mol. The Morgan fingerprint density at radius 1 is 1.10 bits per heavy atom. The van der Waals surface area contributed by atoms with Crippen molar-refractivity contribution in [2.45, 2.75) is 51.3 Å². The van der Waals surface area contributed by atoms with Crippen molar-refractivity contribution >= 4 is 15.9 Å². The molecule has 3 rings (SSSR count). The molecule has 0 atom stereocenters. The molecule has 0 unspecified atom stereocenters. The van der Waals surface area contributed by atoms with E-state index in [1.54, 1.807) is 17.8 Å². The topological polar surface area (TPSA) is 62.6 Å². The van der Waals surface area contributed by atoms with E-state index >= 15 is 0 Å². The lowest BCUT2D eigenvalue weighted by Gasteiger charge is -2.32. The number of likely N-dealkylation sites (tertiary alicyclic amines) is 1. The molecule has 1 aliphatic rings. The number of aryl methyl sites for hydroxylation is 3. The molecule has 2 heterocycles. The summed E-state index contributed by atoms with van der Waals surface area (Å²) in [5, 5.41) is 0. The second kappa shape index (κ2) is 10.0. The SMILES string of the molecule is CCN(CC)S(=O)(=O)c1cc(C(=O)N2CCC(CCc3ccc(C)cc3)CC2)n(C)c1. The van der Waals surface area contributed by atoms with Crippen LogP contribution in [0.15, 0.2) is 41.4 Å². The predicted octanol–water partition coefficient (Wildman–Crippen LogP) is 3.85. The van der Waals surface area contributed by atoms with E-state index in [9.17, 15) is 13.2 Å². The molecule has 0 radical (unpaired) electrons. The van der Waals surface area contributed by atoms with E-state index in [0.717, 1.165) is 38.8 Å². The summed E-state index contributed by atoms with van der Waals surface area (Å²) in [4.78, 5) is 15.1. The second-order valence-electron chi connectivity index (χ2n) is 8.52. The molecule has 1 amide bonds. The zero-order chi connectivity index (χ0) is 22.6. The summed E-state index contributed by atoms with van der Waals surface area (Å²) in [5.41, 5.74) is 3.09. The van der Waals surface area contributed by atoms with Crippen LogP contribution in [0.5, 0.6) is 0 Å². The van der Waals surface area contributed by atoms with Gasteiger partial charge in [-0.25, -0.2) is 8.42 Å². The van der Waals surface area contributed by atoms with Crippen LogP contribution < -0.4 is 0 Å². The number of piperidine rings is 1. The Hall–Kier alpha value is -2.12. The number of hydrogen-bond donors (Lipinski definition) is 0. The average Bonchev–Trinajstić information content (AvgIpc) is 3.16. The molecule has 1 saturated heterocycles. The summed E-state index contributed by atoms with van der Waals surface area (Å²) in [6, 6.07) is 10.2. The number of carbonyl (C=O) groups is 1. The smallest absolute Gasteiger partial charge is 0.270 e. The van der Waals surface area contributed by atoms with E-state index < -0.39 is 10.0 Å². The largest absolute Gasteiger partial charge is 0.345 e. The van der Waals surface area contributed by atoms with Gasteiger partial charge in [-0.1, -0.05) is 43.7 Å². The Bertz CT molecular complexity index is 984. The highest BCUT2D eigenvalue weighted by molar-refractivity contribution is 7.89. The Morgan fingerprint density at radius 3 is 2.29 bits per heavy atom. The molecule has 31 heavy (non-hydrogen) atoms. The van der Waals surface area contributed by atoms with Gasteiger partial charge in [0, 0.05) is 39.4 Å². The standard InChI is InChI=1S/C24H35N3O3S/c1-5-27(6-2)31(29,30)22-17-23(25(4)18-22)24(28)26-15-13-21(14-16-26)12-11-20-9-7-19(3)8-10-20/h7-10,17-18,21H,5-6,11-16H2,1-4H3. The van der Waals surface area contributed by atoms with Gasteiger partial charge in [-0.05, 0) is 50.2 Å². The third-order valence-electron chi connectivity index (χ3n) is 6.41. The van der Waals surface area contributed by atoms with E-state index in [2.05, 4.69) is 31.2 Å². The van der Waals surface area contributed by atoms with Gasteiger partial charge in [-0.15, -0.1) is 0 Å². The quantitative estimate of drug-likeness (QED) is 0.620. The Morgan fingerprint density at radius 2 is 1.71 bits per heavy atom. The molecule has 0 saturated carbocycles. The van der Waals surface area contributed by atoms with Crippen molar-refractivity contribution in [2.75, 3.05) is 26.2 Å². The van der Waals surface area contributed by atoms with E-state index in [1.807, 2.05) is 18.7 Å². The fourth-order valence-electron chi connectivity index (χ4n) is 4.31. The fourth-order valence-corrected chi connectivity index (χ4v) is 5.84. The van der Waals surface area contributed by atoms with E-state index in [-0.39, 0.29) is 10.8 Å². The van der Waals surface area contributed by atoms with Gasteiger partial charge in [0.2, 0.25) is 10.0 Å². The summed E-state index contributed by atoms with van der Waals surface area (Å²) >= 11 is 0. The minimum Gasteiger partial charge on any atom is -0.345 e. The molecule has 0 spiro atoms. The summed E-state index contributed by atoms with van der Waals surface area (Å²) < 4.78 is 28.6. The molecule has 0 N–H and O–H groups in total. The number of nitrogens with zero attached hydrogens (tertiary/aromatic N) is 3. The van der Waals surface area contributed by atoms with Crippen LogP contribution in [0.4, 0.5) is 0 Å². The summed E-state index contributed by atoms with van der Waals surface area (Å²) in [7, 11) is -1.83. The highest BCUT2D eigenvalue weighted by atomic mass is 32.2. The van der Waals surface area contributed by atoms with Gasteiger partial charge >= 0.3 is 0 Å². The molecular formula is C24H35N3O3S. The van der Waals surface area contributed by atoms with Crippen LogP contribution in [0.2, 0.25) is 0 Å². The van der Waals surface area contributed by atoms with Crippen molar-refractivity contribution in [3.8, 4) is 0 Å². The Balaban J connectivity index is 1.59. The first kappa shape index (κ1) is 23.5. The van der Waals surface area contributed by atoms with Crippen molar-refractivity contribution in [3.05, 3.63) is 53.3 Å². The molecule has 7 heteroatoms. The molecule has 1 fully saturated rings. The van der Waals surface area contributed by atoms with E-state index in [0.29, 0.717) is 24.7 Å². The maximum Gasteiger partial charge on any atom is 0.270 e. The number of sulfonamides is 1. The van der Waals surface area contributed by atoms with Crippen molar-refractivity contribution in [3.63, 3.8) is 0 Å². The second-order valence-corrected chi connectivity index (χ2v) is 10.5. The van der Waals surface area contributed by atoms with E-state index in [4.69, 9.17) is 0 Å². The lowest BCUT2D eigenvalue weighted by molar-refractivity contribution is 0.0677. The first-order chi connectivity index (χ1) is 14.8. The maximum absolute atomic E-state index is 13.1. The molecule has 1 aromatic heterocycles. The lowest BCUT2D eigenvalue weighted by Crippen LogP contribution is -2.39. The first-order valence-electron chi connectivity index (χ1n) is 11.3. The fraction of sp³-hybridized carbons (Fsp3) is 0.542. The molecule has 0 aliphatic carbocycles. The average molecular weight is 446 g/mol. The lowest BCUT2D eigenvalue weighted by atomic mass is 9.90. The summed E-state index contributed by atoms with van der Waals surface area (Å²) in [5.74, 6) is 0.540. The van der Waals surface area contributed by atoms with Gasteiger partial charge in [0.15, 0.2) is 0 Å². The Labute approximate surface area is 186 Å². The van der Waals surface area contributed by atoms with Crippen LogP contribution in [0.1, 0.15) is 54.7 Å². The zero-order valence-corrected chi connectivity index (χ0v) is 20.0. The highest BCUT2D eigenvalue weighted by Gasteiger charge is 2.29. The number of benzene rings is 1. The van der Waals surface area contributed by atoms with Gasteiger partial charge in [-0.2, -0.15) is 4.31 Å². The normalized spacial score (nSPS) is 15.6. The summed E-state index contributed by atoms with van der Waals surface area (Å²) in [6.45, 7) is 8.00. The number of carbonyl (C=O) groups excluding carboxylic acids is 1. The van der Waals surface area contributed by atoms with E-state index in [1.165, 1.54) is 21.5 Å². The monoisotopic (exact) mass is 445 g/mol. The van der Waals surface area contributed by atoms with Crippen molar-refractivity contribution < 1.29 is 13.2 Å². The minimum atomic E-state index is -3.57. The Kier molecular flexibility index (Phi) is 7.59. The van der Waals surface area contributed by atoms with Gasteiger partial charge in [0.1, 0.15) is 10.6 Å². The van der Waals surface area contributed by atoms with Crippen LogP contribution in [0, 0.1) is 12.8 Å². The molecular weight excluding hydrogens is 410 g/mol. The van der Waals surface area contributed by atoms with Gasteiger partial charge in [0.05, 0.1) is 0 Å². The van der Waals surface area contributed by atoms with Crippen molar-refractivity contribution in [1.82, 2.24) is 13.8 Å². The number of amides is 1. The molecule has 6 nitrogen and oxygen atoms in total. The van der Waals surface area contributed by atoms with Crippen LogP contribution in [0.25, 0.3) is 0 Å². The van der Waals surface area contributed by atoms with Crippen molar-refractivity contribution in [1.29, 1.82) is 0 Å². The van der Waals surface area contributed by atoms with Crippen molar-refractivity contribution in [2.24, 2.45) is 13.0 Å². The van der Waals surface area contributed by atoms with Gasteiger partial charge in [0.25, 0.3) is 5.91 Å². The molecule has 170 valence electrons. The highest BCUT2D eigenvalue weighted by Crippen LogP contribution is 2.25. The number of hydrogen-bond acceptors (Lipinski definition) is 3. The maximum atomic E-state index is 13.1. The van der Waals surface area contributed by atoms with Gasteiger partial charge < -0.3 is 9.47 Å². The molecule has 0 bridgehead atoms. The molecule has 2 aromatic rings. The third kappa shape index (κ3) is 5.39. The molecule has 1 aromatic carbocycles. The van der Waals surface area contributed by atoms with Crippen LogP contribution in [0.3, 0.4) is 0 Å². The number of aromatic nitrogens is 1.